The standard InChI is InChI=1S/C16H22N4O3S/c1-21-13-4-3-12(11-14(13)22-2)15-18-19-16(24-15)17-5-6-20-7-9-23-10-8-20/h3-4,11H,5-10H2,1-2H3,(H,17,19). The third-order valence-corrected chi connectivity index (χ3v) is 4.79. The predicted octanol–water partition coefficient (Wildman–Crippen LogP) is 1.97. The molecule has 0 atom stereocenters. The second-order valence-corrected chi connectivity index (χ2v) is 6.34. The van der Waals surface area contributed by atoms with E-state index in [1.807, 2.05) is 18.2 Å². The summed E-state index contributed by atoms with van der Waals surface area (Å²) < 4.78 is 15.9. The average Bonchev–Trinajstić information content (AvgIpc) is 3.11. The van der Waals surface area contributed by atoms with Gasteiger partial charge in [-0.15, -0.1) is 10.2 Å². The van der Waals surface area contributed by atoms with E-state index in [1.165, 1.54) is 11.3 Å². The maximum Gasteiger partial charge on any atom is 0.206 e. The normalized spacial score (nSPS) is 15.2. The van der Waals surface area contributed by atoms with Crippen LogP contribution in [0.5, 0.6) is 11.5 Å². The highest BCUT2D eigenvalue weighted by atomic mass is 32.1. The fourth-order valence-corrected chi connectivity index (χ4v) is 3.29. The Morgan fingerprint density at radius 3 is 2.71 bits per heavy atom. The molecule has 0 amide bonds. The summed E-state index contributed by atoms with van der Waals surface area (Å²) in [5, 5.41) is 13.5. The zero-order valence-electron chi connectivity index (χ0n) is 13.9. The van der Waals surface area contributed by atoms with E-state index in [-0.39, 0.29) is 0 Å². The molecule has 0 aliphatic carbocycles. The number of benzene rings is 1. The molecule has 1 aliphatic heterocycles. The van der Waals surface area contributed by atoms with Crippen LogP contribution in [-0.4, -0.2) is 68.7 Å². The van der Waals surface area contributed by atoms with E-state index in [4.69, 9.17) is 14.2 Å². The Morgan fingerprint density at radius 2 is 1.96 bits per heavy atom. The summed E-state index contributed by atoms with van der Waals surface area (Å²) in [6, 6.07) is 5.75. The van der Waals surface area contributed by atoms with Gasteiger partial charge < -0.3 is 19.5 Å². The Hall–Kier alpha value is -1.90. The van der Waals surface area contributed by atoms with Gasteiger partial charge in [0.2, 0.25) is 5.13 Å². The Bertz CT molecular complexity index is 659. The first kappa shape index (κ1) is 16.9. The smallest absolute Gasteiger partial charge is 0.206 e. The number of hydrogen-bond donors (Lipinski definition) is 1. The van der Waals surface area contributed by atoms with Gasteiger partial charge in [-0.1, -0.05) is 11.3 Å². The zero-order valence-corrected chi connectivity index (χ0v) is 14.8. The number of rotatable bonds is 7. The van der Waals surface area contributed by atoms with Crippen LogP contribution < -0.4 is 14.8 Å². The lowest BCUT2D eigenvalue weighted by molar-refractivity contribution is 0.0398. The monoisotopic (exact) mass is 350 g/mol. The summed E-state index contributed by atoms with van der Waals surface area (Å²) in [6.45, 7) is 5.46. The van der Waals surface area contributed by atoms with Crippen LogP contribution in [0.3, 0.4) is 0 Å². The van der Waals surface area contributed by atoms with E-state index >= 15 is 0 Å². The molecule has 2 heterocycles. The highest BCUT2D eigenvalue weighted by Gasteiger charge is 2.12. The number of methoxy groups -OCH3 is 2. The first-order chi connectivity index (χ1) is 11.8. The highest BCUT2D eigenvalue weighted by molar-refractivity contribution is 7.18. The van der Waals surface area contributed by atoms with Gasteiger partial charge in [0.15, 0.2) is 11.5 Å². The lowest BCUT2D eigenvalue weighted by Crippen LogP contribution is -2.38. The highest BCUT2D eigenvalue weighted by Crippen LogP contribution is 2.34. The van der Waals surface area contributed by atoms with Gasteiger partial charge in [-0.2, -0.15) is 0 Å². The molecule has 0 radical (unpaired) electrons. The Kier molecular flexibility index (Phi) is 5.84. The molecule has 1 fully saturated rings. The van der Waals surface area contributed by atoms with Crippen molar-refractivity contribution in [2.24, 2.45) is 0 Å². The van der Waals surface area contributed by atoms with Gasteiger partial charge in [-0.25, -0.2) is 0 Å². The van der Waals surface area contributed by atoms with Crippen molar-refractivity contribution in [3.05, 3.63) is 18.2 Å². The zero-order chi connectivity index (χ0) is 16.8. The lowest BCUT2D eigenvalue weighted by Gasteiger charge is -2.26. The van der Waals surface area contributed by atoms with Gasteiger partial charge in [0.1, 0.15) is 5.01 Å². The Labute approximate surface area is 145 Å². The topological polar surface area (TPSA) is 68.7 Å². The fraction of sp³-hybridized carbons (Fsp3) is 0.500. The molecule has 3 rings (SSSR count). The molecule has 1 aromatic carbocycles. The summed E-state index contributed by atoms with van der Waals surface area (Å²) in [6.07, 6.45) is 0. The molecule has 0 bridgehead atoms. The maximum absolute atomic E-state index is 5.35. The second-order valence-electron chi connectivity index (χ2n) is 5.36. The summed E-state index contributed by atoms with van der Waals surface area (Å²) in [5.41, 5.74) is 0.964. The molecule has 24 heavy (non-hydrogen) atoms. The van der Waals surface area contributed by atoms with E-state index in [1.54, 1.807) is 14.2 Å². The summed E-state index contributed by atoms with van der Waals surface area (Å²) in [5.74, 6) is 1.39. The number of nitrogens with one attached hydrogen (secondary N) is 1. The maximum atomic E-state index is 5.35. The number of nitrogens with zero attached hydrogens (tertiary/aromatic N) is 3. The summed E-state index contributed by atoms with van der Waals surface area (Å²) in [7, 11) is 3.25. The average molecular weight is 350 g/mol. The molecule has 1 saturated heterocycles. The van der Waals surface area contributed by atoms with Crippen molar-refractivity contribution in [2.45, 2.75) is 0 Å². The van der Waals surface area contributed by atoms with Gasteiger partial charge in [-0.05, 0) is 18.2 Å². The SMILES string of the molecule is COc1ccc(-c2nnc(NCCN3CCOCC3)s2)cc1OC. The first-order valence-electron chi connectivity index (χ1n) is 7.90. The van der Waals surface area contributed by atoms with E-state index in [9.17, 15) is 0 Å². The second kappa shape index (κ2) is 8.27. The van der Waals surface area contributed by atoms with Crippen molar-refractivity contribution < 1.29 is 14.2 Å². The lowest BCUT2D eigenvalue weighted by atomic mass is 10.2. The van der Waals surface area contributed by atoms with Crippen LogP contribution in [0.15, 0.2) is 18.2 Å². The van der Waals surface area contributed by atoms with Gasteiger partial charge >= 0.3 is 0 Å². The van der Waals surface area contributed by atoms with Crippen LogP contribution in [0.1, 0.15) is 0 Å². The molecule has 1 aliphatic rings. The minimum atomic E-state index is 0.687. The van der Waals surface area contributed by atoms with Crippen molar-refractivity contribution in [1.82, 2.24) is 15.1 Å². The quantitative estimate of drug-likeness (QED) is 0.819. The minimum absolute atomic E-state index is 0.687. The molecule has 1 aromatic heterocycles. The van der Waals surface area contributed by atoms with Gasteiger partial charge in [-0.3, -0.25) is 4.90 Å². The molecular weight excluding hydrogens is 328 g/mol. The molecule has 2 aromatic rings. The number of aromatic nitrogens is 2. The molecule has 0 unspecified atom stereocenters. The van der Waals surface area contributed by atoms with Crippen LogP contribution in [-0.2, 0) is 4.74 Å². The molecule has 1 N–H and O–H groups in total. The van der Waals surface area contributed by atoms with Gasteiger partial charge in [0, 0.05) is 31.7 Å². The molecule has 0 saturated carbocycles. The number of anilines is 1. The van der Waals surface area contributed by atoms with Crippen molar-refractivity contribution in [3.8, 4) is 22.1 Å². The Balaban J connectivity index is 1.58. The van der Waals surface area contributed by atoms with Crippen LogP contribution in [0, 0.1) is 0 Å². The van der Waals surface area contributed by atoms with Gasteiger partial charge in [0.05, 0.1) is 27.4 Å². The summed E-state index contributed by atoms with van der Waals surface area (Å²) >= 11 is 1.53. The molecule has 130 valence electrons. The van der Waals surface area contributed by atoms with Crippen LogP contribution in [0.2, 0.25) is 0 Å². The molecular formula is C16H22N4O3S. The van der Waals surface area contributed by atoms with Crippen LogP contribution >= 0.6 is 11.3 Å². The summed E-state index contributed by atoms with van der Waals surface area (Å²) in [4.78, 5) is 2.38. The third kappa shape index (κ3) is 4.14. The van der Waals surface area contributed by atoms with E-state index in [0.717, 1.165) is 55.1 Å². The number of ether oxygens (including phenoxy) is 3. The minimum Gasteiger partial charge on any atom is -0.493 e. The molecule has 7 nitrogen and oxygen atoms in total. The van der Waals surface area contributed by atoms with E-state index in [0.29, 0.717) is 11.5 Å². The Morgan fingerprint density at radius 1 is 1.17 bits per heavy atom. The third-order valence-electron chi connectivity index (χ3n) is 3.86. The van der Waals surface area contributed by atoms with Crippen molar-refractivity contribution in [3.63, 3.8) is 0 Å². The van der Waals surface area contributed by atoms with Crippen molar-refractivity contribution >= 4 is 16.5 Å². The molecule has 0 spiro atoms. The van der Waals surface area contributed by atoms with E-state index < -0.39 is 0 Å². The number of morpholine rings is 1. The first-order valence-corrected chi connectivity index (χ1v) is 8.71. The van der Waals surface area contributed by atoms with E-state index in [2.05, 4.69) is 20.4 Å². The van der Waals surface area contributed by atoms with Crippen molar-refractivity contribution in [1.29, 1.82) is 0 Å². The molecule has 8 heteroatoms. The number of hydrogen-bond acceptors (Lipinski definition) is 8. The van der Waals surface area contributed by atoms with Gasteiger partial charge in [0.25, 0.3) is 0 Å². The largest absolute Gasteiger partial charge is 0.493 e. The predicted molar refractivity (Wildman–Crippen MR) is 94.2 cm³/mol. The van der Waals surface area contributed by atoms with Crippen molar-refractivity contribution in [2.75, 3.05) is 58.9 Å². The van der Waals surface area contributed by atoms with Crippen LogP contribution in [0.4, 0.5) is 5.13 Å². The van der Waals surface area contributed by atoms with Crippen LogP contribution in [0.25, 0.3) is 10.6 Å². The fourth-order valence-electron chi connectivity index (χ4n) is 2.53.